The second-order valence-electron chi connectivity index (χ2n) is 4.35. The third-order valence-electron chi connectivity index (χ3n) is 2.88. The van der Waals surface area contributed by atoms with Gasteiger partial charge in [-0.1, -0.05) is 12.8 Å². The third kappa shape index (κ3) is 3.33. The first-order valence-electron chi connectivity index (χ1n) is 6.31. The van der Waals surface area contributed by atoms with Crippen molar-refractivity contribution in [1.29, 1.82) is 0 Å². The second kappa shape index (κ2) is 6.90. The van der Waals surface area contributed by atoms with E-state index in [1.54, 1.807) is 17.7 Å². The lowest BCUT2D eigenvalue weighted by Gasteiger charge is -2.05. The van der Waals surface area contributed by atoms with Crippen molar-refractivity contribution in [1.82, 2.24) is 9.97 Å². The lowest BCUT2D eigenvalue weighted by molar-refractivity contribution is 0.687. The van der Waals surface area contributed by atoms with Crippen LogP contribution in [0.2, 0.25) is 0 Å². The Bertz CT molecular complexity index is 498. The first kappa shape index (κ1) is 13.6. The summed E-state index contributed by atoms with van der Waals surface area (Å²) in [6.45, 7) is 3.05. The molecule has 0 fully saturated rings. The summed E-state index contributed by atoms with van der Waals surface area (Å²) in [5.74, 6) is 1.74. The fourth-order valence-corrected chi connectivity index (χ4v) is 3.03. The van der Waals surface area contributed by atoms with Gasteiger partial charge >= 0.3 is 0 Å². The van der Waals surface area contributed by atoms with E-state index in [2.05, 4.69) is 27.6 Å². The molecule has 0 aliphatic heterocycles. The van der Waals surface area contributed by atoms with E-state index in [0.29, 0.717) is 0 Å². The van der Waals surface area contributed by atoms with E-state index >= 15 is 0 Å². The van der Waals surface area contributed by atoms with Crippen LogP contribution in [0, 0.1) is 6.92 Å². The number of alkyl halides is 1. The van der Waals surface area contributed by atoms with Gasteiger partial charge in [-0.2, -0.15) is 0 Å². The summed E-state index contributed by atoms with van der Waals surface area (Å²) >= 11 is 7.35. The molecule has 0 spiro atoms. The summed E-state index contributed by atoms with van der Waals surface area (Å²) in [6.07, 6.45) is 6.34. The van der Waals surface area contributed by atoms with Gasteiger partial charge in [0.05, 0.1) is 10.2 Å². The summed E-state index contributed by atoms with van der Waals surface area (Å²) in [5.41, 5.74) is 2.29. The minimum Gasteiger partial charge on any atom is -0.369 e. The first-order valence-corrected chi connectivity index (χ1v) is 7.73. The number of thiophene rings is 1. The molecule has 2 rings (SSSR count). The van der Waals surface area contributed by atoms with Crippen LogP contribution in [0.15, 0.2) is 11.7 Å². The van der Waals surface area contributed by atoms with Crippen molar-refractivity contribution in [3.63, 3.8) is 0 Å². The van der Waals surface area contributed by atoms with Crippen molar-refractivity contribution in [2.75, 3.05) is 17.7 Å². The Balaban J connectivity index is 1.88. The fraction of sp³-hybridized carbons (Fsp3) is 0.538. The number of rotatable bonds is 7. The molecule has 18 heavy (non-hydrogen) atoms. The van der Waals surface area contributed by atoms with E-state index in [4.69, 9.17) is 11.6 Å². The summed E-state index contributed by atoms with van der Waals surface area (Å²) in [7, 11) is 0. The molecule has 98 valence electrons. The Morgan fingerprint density at radius 3 is 2.89 bits per heavy atom. The summed E-state index contributed by atoms with van der Waals surface area (Å²) in [5, 5.41) is 5.53. The largest absolute Gasteiger partial charge is 0.369 e. The van der Waals surface area contributed by atoms with Gasteiger partial charge in [-0.15, -0.1) is 22.9 Å². The molecule has 0 saturated heterocycles. The molecule has 0 saturated carbocycles. The summed E-state index contributed by atoms with van der Waals surface area (Å²) < 4.78 is 1.16. The molecular weight excluding hydrogens is 266 g/mol. The molecule has 2 aromatic rings. The van der Waals surface area contributed by atoms with E-state index in [1.165, 1.54) is 18.4 Å². The average molecular weight is 284 g/mol. The van der Waals surface area contributed by atoms with Crippen LogP contribution < -0.4 is 5.32 Å². The predicted molar refractivity (Wildman–Crippen MR) is 79.8 cm³/mol. The van der Waals surface area contributed by atoms with Gasteiger partial charge in [0.25, 0.3) is 0 Å². The summed E-state index contributed by atoms with van der Waals surface area (Å²) in [6, 6.07) is 0. The standard InChI is InChI=1S/C13H18ClN3S/c1-10-8-18-12-11(10)16-9-17-13(12)15-7-5-3-2-4-6-14/h8-9H,2-7H2,1H3,(H,15,16,17). The molecule has 0 atom stereocenters. The monoisotopic (exact) mass is 283 g/mol. The Labute approximate surface area is 117 Å². The van der Waals surface area contributed by atoms with Gasteiger partial charge in [0.1, 0.15) is 12.1 Å². The Morgan fingerprint density at radius 1 is 1.22 bits per heavy atom. The van der Waals surface area contributed by atoms with Crippen molar-refractivity contribution in [3.05, 3.63) is 17.3 Å². The van der Waals surface area contributed by atoms with E-state index in [-0.39, 0.29) is 0 Å². The van der Waals surface area contributed by atoms with Crippen molar-refractivity contribution in [3.8, 4) is 0 Å². The SMILES string of the molecule is Cc1csc2c(NCCCCCCCl)ncnc12. The minimum absolute atomic E-state index is 0.772. The number of fused-ring (bicyclic) bond motifs is 1. The number of aromatic nitrogens is 2. The Morgan fingerprint density at radius 2 is 2.06 bits per heavy atom. The number of unbranched alkanes of at least 4 members (excludes halogenated alkanes) is 3. The molecule has 0 aliphatic carbocycles. The quantitative estimate of drug-likeness (QED) is 0.611. The lowest BCUT2D eigenvalue weighted by Crippen LogP contribution is -2.03. The van der Waals surface area contributed by atoms with Gasteiger partial charge < -0.3 is 5.32 Å². The highest BCUT2D eigenvalue weighted by Crippen LogP contribution is 2.28. The molecule has 2 heterocycles. The number of hydrogen-bond acceptors (Lipinski definition) is 4. The third-order valence-corrected chi connectivity index (χ3v) is 4.24. The maximum absolute atomic E-state index is 5.65. The molecule has 1 N–H and O–H groups in total. The molecule has 2 aromatic heterocycles. The first-order chi connectivity index (χ1) is 8.83. The normalized spacial score (nSPS) is 11.0. The van der Waals surface area contributed by atoms with Gasteiger partial charge in [-0.05, 0) is 30.7 Å². The molecule has 0 unspecified atom stereocenters. The van der Waals surface area contributed by atoms with Crippen molar-refractivity contribution in [2.45, 2.75) is 32.6 Å². The van der Waals surface area contributed by atoms with Crippen LogP contribution in [0.4, 0.5) is 5.82 Å². The van der Waals surface area contributed by atoms with E-state index in [0.717, 1.165) is 41.3 Å². The lowest BCUT2D eigenvalue weighted by atomic mass is 10.2. The fourth-order valence-electron chi connectivity index (χ4n) is 1.88. The smallest absolute Gasteiger partial charge is 0.147 e. The van der Waals surface area contributed by atoms with Crippen molar-refractivity contribution >= 4 is 39.0 Å². The van der Waals surface area contributed by atoms with Crippen LogP contribution in [-0.2, 0) is 0 Å². The molecule has 5 heteroatoms. The average Bonchev–Trinajstić information content (AvgIpc) is 2.77. The highest BCUT2D eigenvalue weighted by molar-refractivity contribution is 7.18. The number of anilines is 1. The van der Waals surface area contributed by atoms with E-state index in [1.807, 2.05) is 0 Å². The number of aryl methyl sites for hydroxylation is 1. The van der Waals surface area contributed by atoms with E-state index < -0.39 is 0 Å². The van der Waals surface area contributed by atoms with Gasteiger partial charge in [0.15, 0.2) is 0 Å². The topological polar surface area (TPSA) is 37.8 Å². The molecule has 0 radical (unpaired) electrons. The van der Waals surface area contributed by atoms with Crippen LogP contribution in [0.1, 0.15) is 31.2 Å². The second-order valence-corrected chi connectivity index (χ2v) is 5.61. The zero-order chi connectivity index (χ0) is 12.8. The molecule has 0 aliphatic rings. The number of hydrogen-bond donors (Lipinski definition) is 1. The zero-order valence-corrected chi connectivity index (χ0v) is 12.2. The number of halogens is 1. The van der Waals surface area contributed by atoms with Crippen molar-refractivity contribution < 1.29 is 0 Å². The van der Waals surface area contributed by atoms with Gasteiger partial charge in [0.2, 0.25) is 0 Å². The van der Waals surface area contributed by atoms with Gasteiger partial charge in [0, 0.05) is 12.4 Å². The number of nitrogens with zero attached hydrogens (tertiary/aromatic N) is 2. The molecule has 0 aromatic carbocycles. The highest BCUT2D eigenvalue weighted by Gasteiger charge is 2.06. The Hall–Kier alpha value is -0.870. The van der Waals surface area contributed by atoms with Gasteiger partial charge in [-0.3, -0.25) is 0 Å². The Kier molecular flexibility index (Phi) is 5.20. The predicted octanol–water partition coefficient (Wildman–Crippen LogP) is 4.21. The van der Waals surface area contributed by atoms with Crippen LogP contribution in [0.25, 0.3) is 10.2 Å². The van der Waals surface area contributed by atoms with Crippen LogP contribution >= 0.6 is 22.9 Å². The zero-order valence-electron chi connectivity index (χ0n) is 10.6. The molecule has 0 bridgehead atoms. The minimum atomic E-state index is 0.772. The highest BCUT2D eigenvalue weighted by atomic mass is 35.5. The molecule has 3 nitrogen and oxygen atoms in total. The number of nitrogens with one attached hydrogen (secondary N) is 1. The van der Waals surface area contributed by atoms with E-state index in [9.17, 15) is 0 Å². The maximum Gasteiger partial charge on any atom is 0.147 e. The maximum atomic E-state index is 5.65. The molecule has 0 amide bonds. The van der Waals surface area contributed by atoms with Crippen LogP contribution in [0.5, 0.6) is 0 Å². The van der Waals surface area contributed by atoms with Gasteiger partial charge in [-0.25, -0.2) is 9.97 Å². The van der Waals surface area contributed by atoms with Crippen LogP contribution in [0.3, 0.4) is 0 Å². The van der Waals surface area contributed by atoms with Crippen LogP contribution in [-0.4, -0.2) is 22.4 Å². The van der Waals surface area contributed by atoms with Crippen molar-refractivity contribution in [2.24, 2.45) is 0 Å². The molecular formula is C13H18ClN3S. The summed E-state index contributed by atoms with van der Waals surface area (Å²) in [4.78, 5) is 8.64.